The van der Waals surface area contributed by atoms with Crippen molar-refractivity contribution in [3.05, 3.63) is 24.3 Å². The van der Waals surface area contributed by atoms with Gasteiger partial charge >= 0.3 is 0 Å². The van der Waals surface area contributed by atoms with Crippen LogP contribution in [0.25, 0.3) is 0 Å². The van der Waals surface area contributed by atoms with Crippen LogP contribution in [0, 0.1) is 0 Å². The summed E-state index contributed by atoms with van der Waals surface area (Å²) in [5, 5.41) is 2.90. The number of anilines is 2. The average Bonchev–Trinajstić information content (AvgIpc) is 3.09. The molecule has 1 saturated heterocycles. The highest BCUT2D eigenvalue weighted by Crippen LogP contribution is 2.29. The molecule has 5 nitrogen and oxygen atoms in total. The Kier molecular flexibility index (Phi) is 3.68. The molecular formula is C16H21N3O2. The highest BCUT2D eigenvalue weighted by atomic mass is 16.2. The van der Waals surface area contributed by atoms with Crippen LogP contribution < -0.4 is 16.0 Å². The highest BCUT2D eigenvalue weighted by Gasteiger charge is 2.37. The molecule has 2 fully saturated rings. The maximum atomic E-state index is 12.3. The molecule has 2 amide bonds. The number of hydrogen-bond donors (Lipinski definition) is 2. The van der Waals surface area contributed by atoms with Gasteiger partial charge in [0.15, 0.2) is 0 Å². The summed E-state index contributed by atoms with van der Waals surface area (Å²) in [4.78, 5) is 25.9. The second kappa shape index (κ2) is 5.48. The molecule has 1 aliphatic heterocycles. The van der Waals surface area contributed by atoms with Crippen molar-refractivity contribution in [2.24, 2.45) is 5.73 Å². The van der Waals surface area contributed by atoms with E-state index in [-0.39, 0.29) is 11.8 Å². The molecule has 112 valence electrons. The number of benzene rings is 1. The van der Waals surface area contributed by atoms with Crippen molar-refractivity contribution in [3.8, 4) is 0 Å². The molecule has 2 aliphatic rings. The van der Waals surface area contributed by atoms with Gasteiger partial charge in [-0.05, 0) is 37.5 Å². The third-order valence-corrected chi connectivity index (χ3v) is 4.44. The molecule has 5 heteroatoms. The van der Waals surface area contributed by atoms with E-state index < -0.39 is 5.54 Å². The first-order chi connectivity index (χ1) is 10.1. The molecule has 0 aromatic heterocycles. The minimum atomic E-state index is -0.737. The molecule has 0 spiro atoms. The van der Waals surface area contributed by atoms with E-state index in [0.717, 1.165) is 44.3 Å². The van der Waals surface area contributed by atoms with Gasteiger partial charge < -0.3 is 16.0 Å². The molecule has 3 N–H and O–H groups in total. The Balaban J connectivity index is 1.74. The first-order valence-electron chi connectivity index (χ1n) is 7.59. The normalized spacial score (nSPS) is 20.8. The zero-order valence-corrected chi connectivity index (χ0v) is 12.1. The zero-order chi connectivity index (χ0) is 14.9. The summed E-state index contributed by atoms with van der Waals surface area (Å²) in [7, 11) is 0. The molecule has 1 aromatic carbocycles. The number of carbonyl (C=O) groups is 2. The number of nitrogens with one attached hydrogen (secondary N) is 1. The molecule has 1 heterocycles. The van der Waals surface area contributed by atoms with Gasteiger partial charge in [0.1, 0.15) is 0 Å². The molecule has 0 bridgehead atoms. The minimum Gasteiger partial charge on any atom is -0.324 e. The number of carbonyl (C=O) groups excluding carboxylic acids is 2. The number of nitrogens with zero attached hydrogens (tertiary/aromatic N) is 1. The Hall–Kier alpha value is -1.88. The smallest absolute Gasteiger partial charge is 0.244 e. The Morgan fingerprint density at radius 3 is 2.67 bits per heavy atom. The van der Waals surface area contributed by atoms with Crippen LogP contribution in [-0.4, -0.2) is 23.9 Å². The van der Waals surface area contributed by atoms with Crippen LogP contribution in [0.3, 0.4) is 0 Å². The van der Waals surface area contributed by atoms with Crippen LogP contribution in [0.15, 0.2) is 24.3 Å². The fraction of sp³-hybridized carbons (Fsp3) is 0.500. The van der Waals surface area contributed by atoms with Gasteiger partial charge in [-0.15, -0.1) is 0 Å². The largest absolute Gasteiger partial charge is 0.324 e. The van der Waals surface area contributed by atoms with E-state index in [1.54, 1.807) is 4.90 Å². The predicted molar refractivity (Wildman–Crippen MR) is 82.0 cm³/mol. The molecule has 1 aliphatic carbocycles. The average molecular weight is 287 g/mol. The van der Waals surface area contributed by atoms with Gasteiger partial charge in [-0.25, -0.2) is 0 Å². The monoisotopic (exact) mass is 287 g/mol. The molecule has 0 unspecified atom stereocenters. The van der Waals surface area contributed by atoms with Gasteiger partial charge in [-0.3, -0.25) is 9.59 Å². The van der Waals surface area contributed by atoms with E-state index in [2.05, 4.69) is 5.32 Å². The summed E-state index contributed by atoms with van der Waals surface area (Å²) in [5.41, 5.74) is 6.96. The fourth-order valence-electron chi connectivity index (χ4n) is 3.16. The molecule has 3 rings (SSSR count). The van der Waals surface area contributed by atoms with E-state index in [0.29, 0.717) is 12.1 Å². The summed E-state index contributed by atoms with van der Waals surface area (Å²) in [6.07, 6.45) is 4.98. The van der Waals surface area contributed by atoms with Crippen LogP contribution in [0.2, 0.25) is 0 Å². The van der Waals surface area contributed by atoms with E-state index in [1.807, 2.05) is 24.3 Å². The molecule has 1 aromatic rings. The first kappa shape index (κ1) is 14.1. The molecule has 0 radical (unpaired) electrons. The van der Waals surface area contributed by atoms with Gasteiger partial charge in [0.05, 0.1) is 5.54 Å². The number of nitrogens with two attached hydrogens (primary N) is 1. The Bertz CT molecular complexity index is 564. The summed E-state index contributed by atoms with van der Waals surface area (Å²) in [5.74, 6) is 0.0227. The Labute approximate surface area is 124 Å². The van der Waals surface area contributed by atoms with E-state index in [9.17, 15) is 9.59 Å². The molecule has 0 atom stereocenters. The zero-order valence-electron chi connectivity index (χ0n) is 12.1. The van der Waals surface area contributed by atoms with Crippen LogP contribution in [0.1, 0.15) is 38.5 Å². The van der Waals surface area contributed by atoms with E-state index >= 15 is 0 Å². The van der Waals surface area contributed by atoms with Gasteiger partial charge in [-0.1, -0.05) is 18.9 Å². The van der Waals surface area contributed by atoms with Crippen LogP contribution >= 0.6 is 0 Å². The Morgan fingerprint density at radius 1 is 1.24 bits per heavy atom. The summed E-state index contributed by atoms with van der Waals surface area (Å²) >= 11 is 0. The first-order valence-corrected chi connectivity index (χ1v) is 7.59. The molecule has 21 heavy (non-hydrogen) atoms. The van der Waals surface area contributed by atoms with Gasteiger partial charge in [0, 0.05) is 24.3 Å². The van der Waals surface area contributed by atoms with Gasteiger partial charge in [-0.2, -0.15) is 0 Å². The predicted octanol–water partition coefficient (Wildman–Crippen LogP) is 2.02. The fourth-order valence-corrected chi connectivity index (χ4v) is 3.16. The SMILES string of the molecule is NC1(C(=O)Nc2cccc(N3CCCC3=O)c2)CCCC1. The second-order valence-corrected chi connectivity index (χ2v) is 6.02. The summed E-state index contributed by atoms with van der Waals surface area (Å²) in [6.45, 7) is 0.747. The third-order valence-electron chi connectivity index (χ3n) is 4.44. The maximum absolute atomic E-state index is 12.3. The highest BCUT2D eigenvalue weighted by molar-refractivity contribution is 6.00. The van der Waals surface area contributed by atoms with Crippen LogP contribution in [-0.2, 0) is 9.59 Å². The van der Waals surface area contributed by atoms with Crippen molar-refractivity contribution in [3.63, 3.8) is 0 Å². The lowest BCUT2D eigenvalue weighted by Crippen LogP contribution is -2.48. The second-order valence-electron chi connectivity index (χ2n) is 6.02. The third kappa shape index (κ3) is 2.78. The Morgan fingerprint density at radius 2 is 2.00 bits per heavy atom. The lowest BCUT2D eigenvalue weighted by atomic mass is 9.98. The van der Waals surface area contributed by atoms with Crippen molar-refractivity contribution in [2.75, 3.05) is 16.8 Å². The van der Waals surface area contributed by atoms with E-state index in [4.69, 9.17) is 5.73 Å². The van der Waals surface area contributed by atoms with Crippen molar-refractivity contribution < 1.29 is 9.59 Å². The van der Waals surface area contributed by atoms with Crippen molar-refractivity contribution in [1.82, 2.24) is 0 Å². The summed E-state index contributed by atoms with van der Waals surface area (Å²) in [6, 6.07) is 7.43. The van der Waals surface area contributed by atoms with Crippen LogP contribution in [0.5, 0.6) is 0 Å². The lowest BCUT2D eigenvalue weighted by Gasteiger charge is -2.23. The number of amides is 2. The standard InChI is InChI=1S/C16H21N3O2/c17-16(8-1-2-9-16)15(21)18-12-5-3-6-13(11-12)19-10-4-7-14(19)20/h3,5-6,11H,1-2,4,7-10,17H2,(H,18,21). The van der Waals surface area contributed by atoms with Crippen molar-refractivity contribution >= 4 is 23.2 Å². The minimum absolute atomic E-state index is 0.120. The van der Waals surface area contributed by atoms with Crippen LogP contribution in [0.4, 0.5) is 11.4 Å². The number of hydrogen-bond acceptors (Lipinski definition) is 3. The molecular weight excluding hydrogens is 266 g/mol. The number of rotatable bonds is 3. The lowest BCUT2D eigenvalue weighted by molar-refractivity contribution is -0.121. The van der Waals surface area contributed by atoms with E-state index in [1.165, 1.54) is 0 Å². The quantitative estimate of drug-likeness (QED) is 0.893. The molecule has 1 saturated carbocycles. The van der Waals surface area contributed by atoms with Crippen molar-refractivity contribution in [2.45, 2.75) is 44.1 Å². The van der Waals surface area contributed by atoms with Gasteiger partial charge in [0.2, 0.25) is 11.8 Å². The van der Waals surface area contributed by atoms with Crippen molar-refractivity contribution in [1.29, 1.82) is 0 Å². The summed E-state index contributed by atoms with van der Waals surface area (Å²) < 4.78 is 0. The van der Waals surface area contributed by atoms with Gasteiger partial charge in [0.25, 0.3) is 0 Å². The topological polar surface area (TPSA) is 75.4 Å². The maximum Gasteiger partial charge on any atom is 0.244 e.